The molecule has 1 aliphatic heterocycles. The van der Waals surface area contributed by atoms with Gasteiger partial charge in [-0.05, 0) is 54.8 Å². The summed E-state index contributed by atoms with van der Waals surface area (Å²) in [6.07, 6.45) is -0.669. The average Bonchev–Trinajstić information content (AvgIpc) is 3.13. The van der Waals surface area contributed by atoms with Crippen LogP contribution in [0.1, 0.15) is 26.1 Å². The molecule has 0 aliphatic carbocycles. The van der Waals surface area contributed by atoms with Crippen molar-refractivity contribution in [3.63, 3.8) is 0 Å². The Balaban J connectivity index is 1.69. The molecule has 9 heteroatoms. The van der Waals surface area contributed by atoms with E-state index >= 15 is 0 Å². The van der Waals surface area contributed by atoms with Crippen molar-refractivity contribution >= 4 is 29.0 Å². The number of carbonyl (C=O) groups is 1. The number of anilines is 2. The van der Waals surface area contributed by atoms with Crippen molar-refractivity contribution in [2.75, 3.05) is 11.9 Å². The second-order valence-corrected chi connectivity index (χ2v) is 8.95. The summed E-state index contributed by atoms with van der Waals surface area (Å²) in [5.74, 6) is 0.162. The van der Waals surface area contributed by atoms with Crippen molar-refractivity contribution in [1.82, 2.24) is 14.5 Å². The van der Waals surface area contributed by atoms with Gasteiger partial charge in [-0.1, -0.05) is 25.4 Å². The van der Waals surface area contributed by atoms with Gasteiger partial charge in [0.2, 0.25) is 0 Å². The van der Waals surface area contributed by atoms with Crippen molar-refractivity contribution < 1.29 is 18.7 Å². The van der Waals surface area contributed by atoms with E-state index in [1.165, 1.54) is 24.3 Å². The highest BCUT2D eigenvalue weighted by Crippen LogP contribution is 2.34. The summed E-state index contributed by atoms with van der Waals surface area (Å²) < 4.78 is 29.4. The summed E-state index contributed by atoms with van der Waals surface area (Å²) in [5, 5.41) is 13.5. The minimum Gasteiger partial charge on any atom is -0.383 e. The van der Waals surface area contributed by atoms with Crippen molar-refractivity contribution in [2.24, 2.45) is 5.92 Å². The first-order valence-electron chi connectivity index (χ1n) is 10.8. The van der Waals surface area contributed by atoms with Crippen molar-refractivity contribution in [3.8, 4) is 11.3 Å². The summed E-state index contributed by atoms with van der Waals surface area (Å²) >= 11 is 5.81. The van der Waals surface area contributed by atoms with E-state index < -0.39 is 11.9 Å². The molecular weight excluding hydrogens is 450 g/mol. The number of aromatic nitrogens is 2. The van der Waals surface area contributed by atoms with Crippen LogP contribution >= 0.6 is 11.6 Å². The number of aliphatic hydroxyl groups excluding tert-OH is 1. The SMILES string of the molecule is CC(C)C[C@H](O)C(=O)N1CCn2c(nc(-c3ccc(F)cc3)c2Nc2ccc(Cl)c(F)c2)C1. The Morgan fingerprint density at radius 2 is 1.91 bits per heavy atom. The van der Waals surface area contributed by atoms with Gasteiger partial charge in [-0.2, -0.15) is 0 Å². The lowest BCUT2D eigenvalue weighted by Gasteiger charge is -2.30. The highest BCUT2D eigenvalue weighted by molar-refractivity contribution is 6.30. The van der Waals surface area contributed by atoms with E-state index in [2.05, 4.69) is 5.32 Å². The predicted octanol–water partition coefficient (Wildman–Crippen LogP) is 4.97. The van der Waals surface area contributed by atoms with E-state index in [-0.39, 0.29) is 29.2 Å². The minimum absolute atomic E-state index is 0.0173. The fourth-order valence-corrected chi connectivity index (χ4v) is 4.04. The summed E-state index contributed by atoms with van der Waals surface area (Å²) in [4.78, 5) is 19.0. The number of hydrogen-bond acceptors (Lipinski definition) is 4. The summed E-state index contributed by atoms with van der Waals surface area (Å²) in [5.41, 5.74) is 1.71. The lowest BCUT2D eigenvalue weighted by Crippen LogP contribution is -2.44. The van der Waals surface area contributed by atoms with E-state index in [9.17, 15) is 18.7 Å². The summed E-state index contributed by atoms with van der Waals surface area (Å²) in [6.45, 7) is 4.95. The van der Waals surface area contributed by atoms with Crippen LogP contribution in [0.15, 0.2) is 42.5 Å². The topological polar surface area (TPSA) is 70.4 Å². The number of rotatable bonds is 6. The lowest BCUT2D eigenvalue weighted by atomic mass is 10.0. The van der Waals surface area contributed by atoms with Gasteiger partial charge in [0.1, 0.15) is 35.1 Å². The van der Waals surface area contributed by atoms with Crippen molar-refractivity contribution in [3.05, 3.63) is 64.9 Å². The number of nitrogens with zero attached hydrogens (tertiary/aromatic N) is 3. The molecule has 0 radical (unpaired) electrons. The van der Waals surface area contributed by atoms with Crippen LogP contribution in [0, 0.1) is 17.6 Å². The number of fused-ring (bicyclic) bond motifs is 1. The van der Waals surface area contributed by atoms with E-state index in [0.717, 1.165) is 0 Å². The van der Waals surface area contributed by atoms with Crippen LogP contribution in [0.25, 0.3) is 11.3 Å². The second-order valence-electron chi connectivity index (χ2n) is 8.54. The Hall–Kier alpha value is -2.97. The van der Waals surface area contributed by atoms with Crippen LogP contribution in [-0.4, -0.2) is 38.1 Å². The molecule has 174 valence electrons. The first kappa shape index (κ1) is 23.2. The molecule has 0 fully saturated rings. The van der Waals surface area contributed by atoms with Crippen LogP contribution in [-0.2, 0) is 17.9 Å². The number of halogens is 3. The lowest BCUT2D eigenvalue weighted by molar-refractivity contribution is -0.142. The third-order valence-electron chi connectivity index (χ3n) is 5.56. The molecule has 33 heavy (non-hydrogen) atoms. The summed E-state index contributed by atoms with van der Waals surface area (Å²) in [6, 6.07) is 10.3. The maximum Gasteiger partial charge on any atom is 0.251 e. The smallest absolute Gasteiger partial charge is 0.251 e. The molecule has 1 amide bonds. The molecule has 3 aromatic rings. The number of imidazole rings is 1. The van der Waals surface area contributed by atoms with Gasteiger partial charge in [0.15, 0.2) is 0 Å². The molecule has 0 saturated heterocycles. The Bertz CT molecular complexity index is 1160. The zero-order chi connectivity index (χ0) is 23.7. The van der Waals surface area contributed by atoms with Crippen LogP contribution in [0.2, 0.25) is 5.02 Å². The highest BCUT2D eigenvalue weighted by atomic mass is 35.5. The molecule has 2 N–H and O–H groups in total. The molecule has 1 atom stereocenters. The standard InChI is InChI=1S/C24H25ClF2N4O2/c1-14(2)11-20(32)24(33)30-9-10-31-21(13-30)29-22(15-3-5-16(26)6-4-15)23(31)28-17-7-8-18(25)19(27)12-17/h3-8,12,14,20,28,32H,9-11,13H2,1-2H3/t20-/m0/s1. The van der Waals surface area contributed by atoms with Gasteiger partial charge < -0.3 is 19.9 Å². The molecule has 0 spiro atoms. The van der Waals surface area contributed by atoms with Crippen LogP contribution < -0.4 is 5.32 Å². The first-order chi connectivity index (χ1) is 15.7. The molecular formula is C24H25ClF2N4O2. The highest BCUT2D eigenvalue weighted by Gasteiger charge is 2.30. The normalized spacial score (nSPS) is 14.3. The minimum atomic E-state index is -1.06. The molecule has 2 aromatic carbocycles. The Morgan fingerprint density at radius 1 is 1.18 bits per heavy atom. The number of benzene rings is 2. The third-order valence-corrected chi connectivity index (χ3v) is 5.87. The molecule has 1 aromatic heterocycles. The van der Waals surface area contributed by atoms with Crippen molar-refractivity contribution in [2.45, 2.75) is 39.5 Å². The average molecular weight is 475 g/mol. The number of nitrogens with one attached hydrogen (secondary N) is 1. The van der Waals surface area contributed by atoms with Gasteiger partial charge in [-0.15, -0.1) is 0 Å². The van der Waals surface area contributed by atoms with Crippen molar-refractivity contribution in [1.29, 1.82) is 0 Å². The van der Waals surface area contributed by atoms with E-state index in [1.54, 1.807) is 23.1 Å². The molecule has 1 aliphatic rings. The van der Waals surface area contributed by atoms with E-state index in [4.69, 9.17) is 16.6 Å². The van der Waals surface area contributed by atoms with Gasteiger partial charge in [0.05, 0.1) is 11.6 Å². The van der Waals surface area contributed by atoms with Gasteiger partial charge in [0, 0.05) is 24.3 Å². The number of hydrogen-bond donors (Lipinski definition) is 2. The van der Waals surface area contributed by atoms with Crippen LogP contribution in [0.4, 0.5) is 20.3 Å². The maximum absolute atomic E-state index is 14.0. The zero-order valence-corrected chi connectivity index (χ0v) is 19.1. The monoisotopic (exact) mass is 474 g/mol. The largest absolute Gasteiger partial charge is 0.383 e. The van der Waals surface area contributed by atoms with Gasteiger partial charge in [0.25, 0.3) is 5.91 Å². The fourth-order valence-electron chi connectivity index (χ4n) is 3.92. The summed E-state index contributed by atoms with van der Waals surface area (Å²) in [7, 11) is 0. The first-order valence-corrected chi connectivity index (χ1v) is 11.1. The molecule has 0 bridgehead atoms. The number of aliphatic hydroxyl groups is 1. The van der Waals surface area contributed by atoms with Gasteiger partial charge in [-0.3, -0.25) is 4.79 Å². The molecule has 0 saturated carbocycles. The van der Waals surface area contributed by atoms with E-state index in [0.29, 0.717) is 48.1 Å². The quantitative estimate of drug-likeness (QED) is 0.529. The predicted molar refractivity (Wildman–Crippen MR) is 123 cm³/mol. The Morgan fingerprint density at radius 3 is 2.58 bits per heavy atom. The van der Waals surface area contributed by atoms with Crippen LogP contribution in [0.3, 0.4) is 0 Å². The molecule has 4 rings (SSSR count). The van der Waals surface area contributed by atoms with Gasteiger partial charge in [-0.25, -0.2) is 13.8 Å². The molecule has 6 nitrogen and oxygen atoms in total. The van der Waals surface area contributed by atoms with E-state index in [1.807, 2.05) is 18.4 Å². The van der Waals surface area contributed by atoms with Gasteiger partial charge >= 0.3 is 0 Å². The Kier molecular flexibility index (Phi) is 6.67. The second kappa shape index (κ2) is 9.49. The Labute approximate surface area is 195 Å². The molecule has 0 unspecified atom stereocenters. The third kappa shape index (κ3) is 5.02. The maximum atomic E-state index is 14.0. The zero-order valence-electron chi connectivity index (χ0n) is 18.4. The fraction of sp³-hybridized carbons (Fsp3) is 0.333. The van der Waals surface area contributed by atoms with Crippen LogP contribution in [0.5, 0.6) is 0 Å². The number of amides is 1. The molecule has 2 heterocycles. The number of carbonyl (C=O) groups excluding carboxylic acids is 1.